The van der Waals surface area contributed by atoms with Gasteiger partial charge in [0.05, 0.1) is 5.69 Å². The number of carbonyl (C=O) groups excluding carboxylic acids is 1. The number of aromatic amines is 1. The fourth-order valence-corrected chi connectivity index (χ4v) is 2.56. The average molecular weight is 246 g/mol. The van der Waals surface area contributed by atoms with Gasteiger partial charge in [0.25, 0.3) is 0 Å². The summed E-state index contributed by atoms with van der Waals surface area (Å²) in [4.78, 5) is 25.1. The van der Waals surface area contributed by atoms with Crippen LogP contribution in [0.1, 0.15) is 12.0 Å². The maximum absolute atomic E-state index is 11.2. The van der Waals surface area contributed by atoms with Crippen molar-refractivity contribution in [3.8, 4) is 11.3 Å². The van der Waals surface area contributed by atoms with Crippen LogP contribution in [0.15, 0.2) is 28.4 Å². The number of nitrogens with one attached hydrogen (secondary N) is 2. The minimum atomic E-state index is -0.0500. The van der Waals surface area contributed by atoms with Crippen LogP contribution in [0, 0.1) is 0 Å². The van der Waals surface area contributed by atoms with Crippen LogP contribution in [-0.2, 0) is 11.2 Å². The summed E-state index contributed by atoms with van der Waals surface area (Å²) in [5, 5.41) is 4.65. The zero-order valence-electron chi connectivity index (χ0n) is 8.95. The molecule has 1 amide bonds. The summed E-state index contributed by atoms with van der Waals surface area (Å²) in [6, 6.07) is 5.81. The summed E-state index contributed by atoms with van der Waals surface area (Å²) >= 11 is 1.16. The summed E-state index contributed by atoms with van der Waals surface area (Å²) in [5.74, 6) is 0.0641. The number of amides is 1. The lowest BCUT2D eigenvalue weighted by atomic mass is 9.99. The molecule has 2 heterocycles. The normalized spacial score (nSPS) is 14.2. The number of thiazole rings is 1. The average Bonchev–Trinajstić information content (AvgIpc) is 2.75. The first-order valence-corrected chi connectivity index (χ1v) is 6.21. The summed E-state index contributed by atoms with van der Waals surface area (Å²) in [7, 11) is 0. The monoisotopic (exact) mass is 246 g/mol. The molecule has 0 saturated carbocycles. The molecule has 2 N–H and O–H groups in total. The highest BCUT2D eigenvalue weighted by Gasteiger charge is 2.15. The van der Waals surface area contributed by atoms with E-state index in [1.165, 1.54) is 0 Å². The molecule has 1 aromatic carbocycles. The molecule has 0 saturated heterocycles. The number of H-pyrrole nitrogens is 1. The zero-order valence-corrected chi connectivity index (χ0v) is 9.76. The first kappa shape index (κ1) is 10.3. The lowest BCUT2D eigenvalue weighted by Crippen LogP contribution is -2.18. The van der Waals surface area contributed by atoms with E-state index in [2.05, 4.69) is 10.3 Å². The van der Waals surface area contributed by atoms with E-state index in [9.17, 15) is 9.59 Å². The maximum Gasteiger partial charge on any atom is 0.304 e. The van der Waals surface area contributed by atoms with Gasteiger partial charge >= 0.3 is 4.87 Å². The van der Waals surface area contributed by atoms with Crippen molar-refractivity contribution in [2.75, 3.05) is 5.32 Å². The Morgan fingerprint density at radius 2 is 2.06 bits per heavy atom. The Balaban J connectivity index is 2.04. The number of aryl methyl sites for hydroxylation is 1. The van der Waals surface area contributed by atoms with Gasteiger partial charge in [0.15, 0.2) is 0 Å². The largest absolute Gasteiger partial charge is 0.326 e. The van der Waals surface area contributed by atoms with Gasteiger partial charge in [0.2, 0.25) is 5.91 Å². The number of aromatic nitrogens is 1. The van der Waals surface area contributed by atoms with Crippen molar-refractivity contribution in [1.82, 2.24) is 4.98 Å². The fourth-order valence-electron chi connectivity index (χ4n) is 1.97. The molecule has 0 aliphatic carbocycles. The minimum absolute atomic E-state index is 0.0500. The van der Waals surface area contributed by atoms with E-state index < -0.39 is 0 Å². The molecule has 17 heavy (non-hydrogen) atoms. The second-order valence-electron chi connectivity index (χ2n) is 3.98. The molecular formula is C12H10N2O2S. The van der Waals surface area contributed by atoms with E-state index in [1.54, 1.807) is 0 Å². The quantitative estimate of drug-likeness (QED) is 0.808. The van der Waals surface area contributed by atoms with Crippen LogP contribution >= 0.6 is 11.3 Å². The van der Waals surface area contributed by atoms with Crippen molar-refractivity contribution in [1.29, 1.82) is 0 Å². The van der Waals surface area contributed by atoms with Crippen molar-refractivity contribution in [3.63, 3.8) is 0 Å². The highest BCUT2D eigenvalue weighted by molar-refractivity contribution is 7.07. The third-order valence-corrected chi connectivity index (χ3v) is 3.50. The standard InChI is InChI=1S/C12H10N2O2S/c15-11-4-2-7-5-8(1-3-9(7)13-11)10-6-17-12(16)14-10/h1,3,5-6H,2,4H2,(H,13,15)(H,14,16). The number of carbonyl (C=O) groups is 1. The highest BCUT2D eigenvalue weighted by Crippen LogP contribution is 2.27. The van der Waals surface area contributed by atoms with Crippen LogP contribution < -0.4 is 10.2 Å². The first-order valence-electron chi connectivity index (χ1n) is 5.33. The molecule has 2 aromatic rings. The molecule has 0 atom stereocenters. The van der Waals surface area contributed by atoms with E-state index in [0.29, 0.717) is 6.42 Å². The maximum atomic E-state index is 11.2. The van der Waals surface area contributed by atoms with Gasteiger partial charge in [-0.3, -0.25) is 9.59 Å². The van der Waals surface area contributed by atoms with Gasteiger partial charge < -0.3 is 10.3 Å². The molecule has 0 spiro atoms. The lowest BCUT2D eigenvalue weighted by Gasteiger charge is -2.17. The van der Waals surface area contributed by atoms with E-state index in [-0.39, 0.29) is 10.8 Å². The Labute approximate surface area is 101 Å². The number of hydrogen-bond donors (Lipinski definition) is 2. The smallest absolute Gasteiger partial charge is 0.304 e. The molecular weight excluding hydrogens is 236 g/mol. The fraction of sp³-hybridized carbons (Fsp3) is 0.167. The van der Waals surface area contributed by atoms with Crippen LogP contribution in [0.2, 0.25) is 0 Å². The summed E-state index contributed by atoms with van der Waals surface area (Å²) < 4.78 is 0. The van der Waals surface area contributed by atoms with Gasteiger partial charge in [-0.25, -0.2) is 0 Å². The Morgan fingerprint density at radius 1 is 1.18 bits per heavy atom. The number of fused-ring (bicyclic) bond motifs is 1. The summed E-state index contributed by atoms with van der Waals surface area (Å²) in [6.07, 6.45) is 1.28. The predicted molar refractivity (Wildman–Crippen MR) is 67.3 cm³/mol. The predicted octanol–water partition coefficient (Wildman–Crippen LogP) is 1.99. The summed E-state index contributed by atoms with van der Waals surface area (Å²) in [5.41, 5.74) is 3.81. The van der Waals surface area contributed by atoms with E-state index in [1.807, 2.05) is 23.6 Å². The van der Waals surface area contributed by atoms with Crippen LogP contribution in [0.5, 0.6) is 0 Å². The van der Waals surface area contributed by atoms with Crippen molar-refractivity contribution < 1.29 is 4.79 Å². The number of anilines is 1. The third kappa shape index (κ3) is 1.89. The van der Waals surface area contributed by atoms with Crippen LogP contribution in [0.3, 0.4) is 0 Å². The van der Waals surface area contributed by atoms with Gasteiger partial charge in [-0.05, 0) is 29.7 Å². The van der Waals surface area contributed by atoms with Crippen molar-refractivity contribution in [2.45, 2.75) is 12.8 Å². The van der Waals surface area contributed by atoms with Gasteiger partial charge in [0.1, 0.15) is 0 Å². The zero-order chi connectivity index (χ0) is 11.8. The van der Waals surface area contributed by atoms with Gasteiger partial charge in [-0.1, -0.05) is 17.4 Å². The molecule has 4 nitrogen and oxygen atoms in total. The molecule has 0 radical (unpaired) electrons. The molecule has 1 aromatic heterocycles. The number of rotatable bonds is 1. The molecule has 86 valence electrons. The molecule has 3 rings (SSSR count). The van der Waals surface area contributed by atoms with E-state index >= 15 is 0 Å². The minimum Gasteiger partial charge on any atom is -0.326 e. The molecule has 0 bridgehead atoms. The Bertz CT molecular complexity index is 642. The molecule has 0 fully saturated rings. The number of benzene rings is 1. The third-order valence-electron chi connectivity index (χ3n) is 2.83. The first-order chi connectivity index (χ1) is 8.22. The Hall–Kier alpha value is -1.88. The van der Waals surface area contributed by atoms with Crippen molar-refractivity contribution >= 4 is 22.9 Å². The number of hydrogen-bond acceptors (Lipinski definition) is 3. The lowest BCUT2D eigenvalue weighted by molar-refractivity contribution is -0.116. The van der Waals surface area contributed by atoms with E-state index in [4.69, 9.17) is 0 Å². The topological polar surface area (TPSA) is 62.0 Å². The van der Waals surface area contributed by atoms with Gasteiger partial charge in [0, 0.05) is 17.5 Å². The van der Waals surface area contributed by atoms with Crippen molar-refractivity contribution in [2.24, 2.45) is 0 Å². The van der Waals surface area contributed by atoms with Gasteiger partial charge in [-0.2, -0.15) is 0 Å². The second kappa shape index (κ2) is 3.85. The Morgan fingerprint density at radius 3 is 2.82 bits per heavy atom. The molecule has 0 unspecified atom stereocenters. The highest BCUT2D eigenvalue weighted by atomic mass is 32.1. The van der Waals surface area contributed by atoms with E-state index in [0.717, 1.165) is 40.3 Å². The summed E-state index contributed by atoms with van der Waals surface area (Å²) in [6.45, 7) is 0. The SMILES string of the molecule is O=C1CCc2cc(-c3csc(=O)[nH]3)ccc2N1. The van der Waals surface area contributed by atoms with Gasteiger partial charge in [-0.15, -0.1) is 0 Å². The van der Waals surface area contributed by atoms with Crippen LogP contribution in [0.4, 0.5) is 5.69 Å². The van der Waals surface area contributed by atoms with Crippen LogP contribution in [-0.4, -0.2) is 10.9 Å². The Kier molecular flexibility index (Phi) is 2.33. The van der Waals surface area contributed by atoms with Crippen LogP contribution in [0.25, 0.3) is 11.3 Å². The second-order valence-corrected chi connectivity index (χ2v) is 4.82. The molecule has 1 aliphatic rings. The van der Waals surface area contributed by atoms with Crippen molar-refractivity contribution in [3.05, 3.63) is 38.8 Å². The molecule has 1 aliphatic heterocycles. The molecule has 5 heteroatoms.